The number of terminal acetylenes is 1. The molecule has 88 valence electrons. The van der Waals surface area contributed by atoms with E-state index in [4.69, 9.17) is 12.2 Å². The summed E-state index contributed by atoms with van der Waals surface area (Å²) in [5, 5.41) is 13.2. The standard InChI is InChI=1S/C11H11N3O3/c1-2-3-10(11(12)15)13-8-4-6-9(7-5-8)14(16)17/h1,4-7,10,13H,3H2,(H2,12,15)/t10-/m0/s1. The Morgan fingerprint density at radius 1 is 1.53 bits per heavy atom. The lowest BCUT2D eigenvalue weighted by Crippen LogP contribution is -2.35. The Morgan fingerprint density at radius 2 is 2.12 bits per heavy atom. The van der Waals surface area contributed by atoms with Crippen LogP contribution in [0.15, 0.2) is 24.3 Å². The van der Waals surface area contributed by atoms with Crippen molar-refractivity contribution >= 4 is 17.3 Å². The molecular formula is C11H11N3O3. The molecule has 0 aliphatic carbocycles. The summed E-state index contributed by atoms with van der Waals surface area (Å²) in [6, 6.07) is 4.96. The fraction of sp³-hybridized carbons (Fsp3) is 0.182. The number of rotatable bonds is 5. The van der Waals surface area contributed by atoms with Crippen molar-refractivity contribution in [1.82, 2.24) is 0 Å². The van der Waals surface area contributed by atoms with Gasteiger partial charge in [-0.3, -0.25) is 14.9 Å². The summed E-state index contributed by atoms with van der Waals surface area (Å²) in [4.78, 5) is 21.0. The van der Waals surface area contributed by atoms with E-state index >= 15 is 0 Å². The monoisotopic (exact) mass is 233 g/mol. The summed E-state index contributed by atoms with van der Waals surface area (Å²) in [5.41, 5.74) is 5.67. The van der Waals surface area contributed by atoms with Crippen LogP contribution in [-0.4, -0.2) is 16.9 Å². The highest BCUT2D eigenvalue weighted by atomic mass is 16.6. The van der Waals surface area contributed by atoms with Crippen LogP contribution in [0.4, 0.5) is 11.4 Å². The summed E-state index contributed by atoms with van der Waals surface area (Å²) in [6.45, 7) is 0. The van der Waals surface area contributed by atoms with Gasteiger partial charge in [0, 0.05) is 24.2 Å². The number of non-ortho nitro benzene ring substituents is 1. The Morgan fingerprint density at radius 3 is 2.53 bits per heavy atom. The third-order valence-corrected chi connectivity index (χ3v) is 2.08. The van der Waals surface area contributed by atoms with Crippen molar-refractivity contribution in [3.8, 4) is 12.3 Å². The first-order chi connectivity index (χ1) is 8.04. The first-order valence-electron chi connectivity index (χ1n) is 4.78. The van der Waals surface area contributed by atoms with Gasteiger partial charge in [0.2, 0.25) is 5.91 Å². The van der Waals surface area contributed by atoms with Gasteiger partial charge in [0.15, 0.2) is 0 Å². The maximum absolute atomic E-state index is 11.0. The number of hydrogen-bond donors (Lipinski definition) is 2. The van der Waals surface area contributed by atoms with Crippen molar-refractivity contribution in [3.63, 3.8) is 0 Å². The zero-order chi connectivity index (χ0) is 12.8. The molecule has 0 bridgehead atoms. The first kappa shape index (κ1) is 12.5. The lowest BCUT2D eigenvalue weighted by atomic mass is 10.2. The number of nitrogens with two attached hydrogens (primary N) is 1. The minimum atomic E-state index is -0.679. The lowest BCUT2D eigenvalue weighted by Gasteiger charge is -2.13. The average Bonchev–Trinajstić information content (AvgIpc) is 2.29. The quantitative estimate of drug-likeness (QED) is 0.448. The zero-order valence-corrected chi connectivity index (χ0v) is 8.92. The number of nitro groups is 1. The van der Waals surface area contributed by atoms with Crippen LogP contribution in [0.25, 0.3) is 0 Å². The predicted octanol–water partition coefficient (Wildman–Crippen LogP) is 0.884. The third kappa shape index (κ3) is 3.50. The second kappa shape index (κ2) is 5.51. The van der Waals surface area contributed by atoms with Gasteiger partial charge in [0.05, 0.1) is 4.92 Å². The number of benzene rings is 1. The topological polar surface area (TPSA) is 98.3 Å². The van der Waals surface area contributed by atoms with Crippen LogP contribution >= 0.6 is 0 Å². The molecule has 1 rings (SSSR count). The van der Waals surface area contributed by atoms with Crippen LogP contribution in [0, 0.1) is 22.5 Å². The van der Waals surface area contributed by atoms with Crippen LogP contribution in [0.2, 0.25) is 0 Å². The molecule has 0 spiro atoms. The molecule has 0 saturated heterocycles. The van der Waals surface area contributed by atoms with Gasteiger partial charge in [-0.1, -0.05) is 0 Å². The summed E-state index contributed by atoms with van der Waals surface area (Å²) >= 11 is 0. The van der Waals surface area contributed by atoms with Gasteiger partial charge in [-0.15, -0.1) is 12.3 Å². The molecule has 1 aromatic rings. The molecule has 17 heavy (non-hydrogen) atoms. The van der Waals surface area contributed by atoms with E-state index < -0.39 is 16.9 Å². The molecule has 1 atom stereocenters. The van der Waals surface area contributed by atoms with E-state index in [1.54, 1.807) is 0 Å². The predicted molar refractivity (Wildman–Crippen MR) is 63.2 cm³/mol. The normalized spacial score (nSPS) is 11.2. The number of carbonyl (C=O) groups is 1. The molecule has 0 radical (unpaired) electrons. The van der Waals surface area contributed by atoms with Crippen molar-refractivity contribution in [2.45, 2.75) is 12.5 Å². The fourth-order valence-electron chi connectivity index (χ4n) is 1.22. The van der Waals surface area contributed by atoms with E-state index in [1.807, 2.05) is 0 Å². The number of anilines is 1. The summed E-state index contributed by atoms with van der Waals surface area (Å²) in [7, 11) is 0. The number of nitrogens with zero attached hydrogens (tertiary/aromatic N) is 1. The molecule has 0 unspecified atom stereocenters. The second-order valence-electron chi connectivity index (χ2n) is 3.31. The van der Waals surface area contributed by atoms with Crippen LogP contribution in [-0.2, 0) is 4.79 Å². The molecule has 1 aromatic carbocycles. The molecule has 0 aromatic heterocycles. The average molecular weight is 233 g/mol. The van der Waals surface area contributed by atoms with Gasteiger partial charge in [0.1, 0.15) is 6.04 Å². The van der Waals surface area contributed by atoms with E-state index in [9.17, 15) is 14.9 Å². The number of nitro benzene ring substituents is 1. The van der Waals surface area contributed by atoms with E-state index in [1.165, 1.54) is 24.3 Å². The van der Waals surface area contributed by atoms with Gasteiger partial charge >= 0.3 is 0 Å². The summed E-state index contributed by atoms with van der Waals surface area (Å²) in [6.07, 6.45) is 5.26. The highest BCUT2D eigenvalue weighted by molar-refractivity contribution is 5.83. The lowest BCUT2D eigenvalue weighted by molar-refractivity contribution is -0.384. The van der Waals surface area contributed by atoms with Gasteiger partial charge in [-0.25, -0.2) is 0 Å². The third-order valence-electron chi connectivity index (χ3n) is 2.08. The van der Waals surface area contributed by atoms with Gasteiger partial charge in [-0.2, -0.15) is 0 Å². The Bertz CT molecular complexity index is 462. The fourth-order valence-corrected chi connectivity index (χ4v) is 1.22. The molecule has 0 aliphatic heterocycles. The molecular weight excluding hydrogens is 222 g/mol. The summed E-state index contributed by atoms with van der Waals surface area (Å²) in [5.74, 6) is 1.76. The number of primary amides is 1. The molecule has 0 saturated carbocycles. The largest absolute Gasteiger partial charge is 0.373 e. The number of amides is 1. The number of nitrogens with one attached hydrogen (secondary N) is 1. The highest BCUT2D eigenvalue weighted by Gasteiger charge is 2.14. The molecule has 3 N–H and O–H groups in total. The Hall–Kier alpha value is -2.55. The summed E-state index contributed by atoms with van der Waals surface area (Å²) < 4.78 is 0. The van der Waals surface area contributed by atoms with Crippen molar-refractivity contribution in [2.75, 3.05) is 5.32 Å². The Balaban J connectivity index is 2.77. The molecule has 0 aliphatic rings. The van der Waals surface area contributed by atoms with Gasteiger partial charge in [-0.05, 0) is 12.1 Å². The van der Waals surface area contributed by atoms with E-state index in [0.717, 1.165) is 0 Å². The number of carbonyl (C=O) groups excluding carboxylic acids is 1. The maximum atomic E-state index is 11.0. The zero-order valence-electron chi connectivity index (χ0n) is 8.92. The van der Waals surface area contributed by atoms with Gasteiger partial charge in [0.25, 0.3) is 5.69 Å². The minimum Gasteiger partial charge on any atom is -0.373 e. The maximum Gasteiger partial charge on any atom is 0.269 e. The highest BCUT2D eigenvalue weighted by Crippen LogP contribution is 2.16. The number of hydrogen-bond acceptors (Lipinski definition) is 4. The SMILES string of the molecule is C#CC[C@H](Nc1ccc([N+](=O)[O-])cc1)C(N)=O. The van der Waals surface area contributed by atoms with Crippen molar-refractivity contribution in [3.05, 3.63) is 34.4 Å². The van der Waals surface area contributed by atoms with Crippen LogP contribution in [0.5, 0.6) is 0 Å². The molecule has 0 heterocycles. The van der Waals surface area contributed by atoms with Crippen LogP contribution in [0.3, 0.4) is 0 Å². The van der Waals surface area contributed by atoms with E-state index in [-0.39, 0.29) is 12.1 Å². The molecule has 1 amide bonds. The van der Waals surface area contributed by atoms with Crippen LogP contribution in [0.1, 0.15) is 6.42 Å². The smallest absolute Gasteiger partial charge is 0.269 e. The Kier molecular flexibility index (Phi) is 4.06. The van der Waals surface area contributed by atoms with E-state index in [2.05, 4.69) is 11.2 Å². The molecule has 0 fully saturated rings. The van der Waals surface area contributed by atoms with Crippen molar-refractivity contribution in [1.29, 1.82) is 0 Å². The molecule has 6 nitrogen and oxygen atoms in total. The second-order valence-corrected chi connectivity index (χ2v) is 3.31. The molecule has 6 heteroatoms. The van der Waals surface area contributed by atoms with Crippen molar-refractivity contribution in [2.24, 2.45) is 5.73 Å². The Labute approximate surface area is 98.0 Å². The van der Waals surface area contributed by atoms with Crippen LogP contribution < -0.4 is 11.1 Å². The minimum absolute atomic E-state index is 0.0249. The first-order valence-corrected chi connectivity index (χ1v) is 4.78. The van der Waals surface area contributed by atoms with Crippen molar-refractivity contribution < 1.29 is 9.72 Å². The van der Waals surface area contributed by atoms with Gasteiger partial charge < -0.3 is 11.1 Å². The van der Waals surface area contributed by atoms with E-state index in [0.29, 0.717) is 5.69 Å².